The van der Waals surface area contributed by atoms with Crippen molar-refractivity contribution in [3.63, 3.8) is 0 Å². The van der Waals surface area contributed by atoms with E-state index < -0.39 is 0 Å². The summed E-state index contributed by atoms with van der Waals surface area (Å²) in [5.41, 5.74) is 7.60. The Balaban J connectivity index is 1.92. The van der Waals surface area contributed by atoms with Crippen molar-refractivity contribution in [2.24, 2.45) is 5.73 Å². The van der Waals surface area contributed by atoms with Crippen molar-refractivity contribution in [1.29, 1.82) is 0 Å². The minimum atomic E-state index is 0.395. The molecule has 0 atom stereocenters. The van der Waals surface area contributed by atoms with E-state index in [1.165, 1.54) is 5.56 Å². The molecule has 1 heterocycles. The summed E-state index contributed by atoms with van der Waals surface area (Å²) in [5, 5.41) is 8.21. The van der Waals surface area contributed by atoms with E-state index >= 15 is 0 Å². The summed E-state index contributed by atoms with van der Waals surface area (Å²) in [5.74, 6) is 6.75. The lowest BCUT2D eigenvalue weighted by Gasteiger charge is -1.98. The molecule has 0 radical (unpaired) electrons. The molecular formula is C13H13N3S3. The summed E-state index contributed by atoms with van der Waals surface area (Å²) in [4.78, 5) is 0. The van der Waals surface area contributed by atoms with Crippen molar-refractivity contribution in [3.05, 3.63) is 35.4 Å². The predicted octanol–water partition coefficient (Wildman–Crippen LogP) is 2.86. The van der Waals surface area contributed by atoms with Gasteiger partial charge < -0.3 is 5.73 Å². The van der Waals surface area contributed by atoms with Gasteiger partial charge in [-0.1, -0.05) is 58.8 Å². The van der Waals surface area contributed by atoms with Crippen LogP contribution in [0.5, 0.6) is 0 Å². The summed E-state index contributed by atoms with van der Waals surface area (Å²) in [6.07, 6.45) is 2.01. The largest absolute Gasteiger partial charge is 0.320 e. The molecule has 3 nitrogen and oxygen atoms in total. The van der Waals surface area contributed by atoms with E-state index in [9.17, 15) is 0 Å². The predicted molar refractivity (Wildman–Crippen MR) is 83.6 cm³/mol. The number of nitrogens with two attached hydrogens (primary N) is 1. The Hall–Kier alpha value is -1.00. The van der Waals surface area contributed by atoms with Crippen LogP contribution in [0, 0.1) is 11.8 Å². The number of nitrogens with zero attached hydrogens (tertiary/aromatic N) is 2. The van der Waals surface area contributed by atoms with Gasteiger partial charge in [-0.25, -0.2) is 0 Å². The highest BCUT2D eigenvalue weighted by molar-refractivity contribution is 8.02. The quantitative estimate of drug-likeness (QED) is 0.695. The second-order valence-corrected chi connectivity index (χ2v) is 6.78. The van der Waals surface area contributed by atoms with Crippen molar-refractivity contribution in [1.82, 2.24) is 10.2 Å². The Morgan fingerprint density at radius 3 is 2.58 bits per heavy atom. The first-order valence-electron chi connectivity index (χ1n) is 5.60. The molecule has 6 heteroatoms. The van der Waals surface area contributed by atoms with Crippen LogP contribution in [0.4, 0.5) is 0 Å². The van der Waals surface area contributed by atoms with Crippen LogP contribution in [0.15, 0.2) is 32.9 Å². The van der Waals surface area contributed by atoms with E-state index in [0.717, 1.165) is 20.0 Å². The van der Waals surface area contributed by atoms with Gasteiger partial charge in [0, 0.05) is 11.3 Å². The zero-order valence-electron chi connectivity index (χ0n) is 10.4. The molecule has 0 saturated heterocycles. The minimum absolute atomic E-state index is 0.395. The van der Waals surface area contributed by atoms with Gasteiger partial charge in [0.1, 0.15) is 0 Å². The summed E-state index contributed by atoms with van der Waals surface area (Å²) in [6.45, 7) is 0.395. The Kier molecular flexibility index (Phi) is 5.73. The molecule has 2 rings (SSSR count). The molecule has 0 bridgehead atoms. The van der Waals surface area contributed by atoms with Gasteiger partial charge in [0.2, 0.25) is 0 Å². The summed E-state index contributed by atoms with van der Waals surface area (Å²) < 4.78 is 2.02. The molecule has 1 aromatic carbocycles. The highest BCUT2D eigenvalue weighted by Gasteiger charge is 2.03. The Morgan fingerprint density at radius 2 is 1.95 bits per heavy atom. The van der Waals surface area contributed by atoms with Crippen molar-refractivity contribution >= 4 is 34.9 Å². The highest BCUT2D eigenvalue weighted by atomic mass is 32.2. The van der Waals surface area contributed by atoms with Crippen LogP contribution in [-0.2, 0) is 5.75 Å². The fourth-order valence-electron chi connectivity index (χ4n) is 1.32. The molecule has 0 aliphatic carbocycles. The van der Waals surface area contributed by atoms with Crippen LogP contribution in [0.1, 0.15) is 11.1 Å². The first kappa shape index (κ1) is 14.4. The van der Waals surface area contributed by atoms with E-state index in [1.54, 1.807) is 34.9 Å². The highest BCUT2D eigenvalue weighted by Crippen LogP contribution is 2.29. The number of benzene rings is 1. The molecule has 2 N–H and O–H groups in total. The zero-order valence-corrected chi connectivity index (χ0v) is 12.9. The summed E-state index contributed by atoms with van der Waals surface area (Å²) in [6, 6.07) is 8.21. The molecule has 0 fully saturated rings. The molecule has 0 unspecified atom stereocenters. The second-order valence-electron chi connectivity index (χ2n) is 3.53. The molecule has 0 spiro atoms. The molecule has 0 amide bonds. The number of hydrogen-bond acceptors (Lipinski definition) is 6. The van der Waals surface area contributed by atoms with E-state index in [0.29, 0.717) is 6.54 Å². The smallest absolute Gasteiger partial charge is 0.175 e. The van der Waals surface area contributed by atoms with Gasteiger partial charge in [0.05, 0.1) is 6.54 Å². The van der Waals surface area contributed by atoms with Gasteiger partial charge in [-0.15, -0.1) is 10.2 Å². The molecule has 2 aromatic rings. The van der Waals surface area contributed by atoms with Crippen molar-refractivity contribution in [2.45, 2.75) is 14.4 Å². The lowest BCUT2D eigenvalue weighted by molar-refractivity contribution is 0.955. The molecule has 1 aromatic heterocycles. The van der Waals surface area contributed by atoms with Crippen LogP contribution < -0.4 is 5.73 Å². The maximum atomic E-state index is 5.34. The molecular weight excluding hydrogens is 294 g/mol. The van der Waals surface area contributed by atoms with Crippen molar-refractivity contribution < 1.29 is 0 Å². The Morgan fingerprint density at radius 1 is 1.21 bits per heavy atom. The number of hydrogen-bond donors (Lipinski definition) is 1. The van der Waals surface area contributed by atoms with Crippen LogP contribution >= 0.6 is 34.9 Å². The first-order valence-corrected chi connectivity index (χ1v) is 8.62. The SMILES string of the molecule is CSc1nnc(SCc2ccc(C#CCN)cc2)s1. The van der Waals surface area contributed by atoms with E-state index in [-0.39, 0.29) is 0 Å². The first-order chi connectivity index (χ1) is 9.31. The number of rotatable bonds is 4. The normalized spacial score (nSPS) is 10.0. The van der Waals surface area contributed by atoms with Crippen LogP contribution in [0.2, 0.25) is 0 Å². The zero-order chi connectivity index (χ0) is 13.5. The summed E-state index contributed by atoms with van der Waals surface area (Å²) >= 11 is 4.97. The maximum Gasteiger partial charge on any atom is 0.175 e. The fourth-order valence-corrected chi connectivity index (χ4v) is 3.71. The van der Waals surface area contributed by atoms with E-state index in [1.807, 2.05) is 18.4 Å². The van der Waals surface area contributed by atoms with Gasteiger partial charge in [-0.05, 0) is 24.0 Å². The third-order valence-corrected chi connectivity index (χ3v) is 5.32. The van der Waals surface area contributed by atoms with Gasteiger partial charge in [-0.2, -0.15) is 0 Å². The van der Waals surface area contributed by atoms with Crippen molar-refractivity contribution in [3.8, 4) is 11.8 Å². The molecule has 19 heavy (non-hydrogen) atoms. The fraction of sp³-hybridized carbons (Fsp3) is 0.231. The molecule has 98 valence electrons. The average molecular weight is 307 g/mol. The monoisotopic (exact) mass is 307 g/mol. The third-order valence-electron chi connectivity index (χ3n) is 2.21. The van der Waals surface area contributed by atoms with Gasteiger partial charge >= 0.3 is 0 Å². The number of thioether (sulfide) groups is 2. The number of aromatic nitrogens is 2. The maximum absolute atomic E-state index is 5.34. The minimum Gasteiger partial charge on any atom is -0.320 e. The molecule has 0 aliphatic rings. The van der Waals surface area contributed by atoms with Gasteiger partial charge in [-0.3, -0.25) is 0 Å². The standard InChI is InChI=1S/C13H13N3S3/c1-17-12-15-16-13(19-12)18-9-11-6-4-10(5-7-11)3-2-8-14/h4-7H,8-9,14H2,1H3. The Labute approximate surface area is 125 Å². The molecule has 0 aliphatic heterocycles. The van der Waals surface area contributed by atoms with Crippen LogP contribution in [0.3, 0.4) is 0 Å². The van der Waals surface area contributed by atoms with E-state index in [4.69, 9.17) is 5.73 Å². The molecule has 0 saturated carbocycles. The summed E-state index contributed by atoms with van der Waals surface area (Å²) in [7, 11) is 0. The van der Waals surface area contributed by atoms with E-state index in [2.05, 4.69) is 34.2 Å². The Bertz CT molecular complexity index is 581. The lowest BCUT2D eigenvalue weighted by Crippen LogP contribution is -1.93. The third kappa shape index (κ3) is 4.55. The van der Waals surface area contributed by atoms with Gasteiger partial charge in [0.25, 0.3) is 0 Å². The van der Waals surface area contributed by atoms with Crippen molar-refractivity contribution in [2.75, 3.05) is 12.8 Å². The topological polar surface area (TPSA) is 51.8 Å². The lowest BCUT2D eigenvalue weighted by atomic mass is 10.1. The van der Waals surface area contributed by atoms with Gasteiger partial charge in [0.15, 0.2) is 8.68 Å². The second kappa shape index (κ2) is 7.56. The van der Waals surface area contributed by atoms with Crippen LogP contribution in [-0.4, -0.2) is 23.0 Å². The van der Waals surface area contributed by atoms with Crippen LogP contribution in [0.25, 0.3) is 0 Å². The average Bonchev–Trinajstić information content (AvgIpc) is 2.92.